The molecule has 1 aromatic rings. The summed E-state index contributed by atoms with van der Waals surface area (Å²) in [6.45, 7) is 3.88. The van der Waals surface area contributed by atoms with Gasteiger partial charge in [-0.25, -0.2) is 4.57 Å². The Morgan fingerprint density at radius 1 is 1.18 bits per heavy atom. The highest BCUT2D eigenvalue weighted by Crippen LogP contribution is 2.49. The van der Waals surface area contributed by atoms with Crippen molar-refractivity contribution < 1.29 is 23.8 Å². The molecule has 17 heavy (non-hydrogen) atoms. The minimum absolute atomic E-state index is 0.132. The fourth-order valence-corrected chi connectivity index (χ4v) is 3.03. The van der Waals surface area contributed by atoms with Gasteiger partial charge >= 0.3 is 7.60 Å². The molecule has 0 aliphatic carbocycles. The summed E-state index contributed by atoms with van der Waals surface area (Å²) < 4.78 is 22.6. The van der Waals surface area contributed by atoms with Gasteiger partial charge in [-0.2, -0.15) is 0 Å². The summed E-state index contributed by atoms with van der Waals surface area (Å²) in [7, 11) is -3.20. The van der Waals surface area contributed by atoms with Crippen LogP contribution in [-0.4, -0.2) is 23.0 Å². The van der Waals surface area contributed by atoms with Crippen molar-refractivity contribution in [2.75, 3.05) is 12.8 Å². The zero-order valence-electron chi connectivity index (χ0n) is 9.92. The van der Waals surface area contributed by atoms with Gasteiger partial charge in [0.2, 0.25) is 0 Å². The van der Waals surface area contributed by atoms with Crippen molar-refractivity contribution >= 4 is 7.60 Å². The maximum absolute atomic E-state index is 12.2. The number of rotatable bonds is 6. The second kappa shape index (κ2) is 5.94. The summed E-state index contributed by atoms with van der Waals surface area (Å²) in [6.07, 6.45) is 0.944. The highest BCUT2D eigenvalue weighted by atomic mass is 31.2. The van der Waals surface area contributed by atoms with Crippen molar-refractivity contribution in [2.24, 2.45) is 0 Å². The fourth-order valence-electron chi connectivity index (χ4n) is 1.39. The lowest BCUT2D eigenvalue weighted by Crippen LogP contribution is -2.01. The molecule has 0 aliphatic heterocycles. The molecule has 0 heterocycles. The molecule has 0 radical (unpaired) electrons. The summed E-state index contributed by atoms with van der Waals surface area (Å²) in [5.74, 6) is -0.174. The van der Waals surface area contributed by atoms with Gasteiger partial charge in [0.05, 0.1) is 12.8 Å². The topological polar surface area (TPSA) is 76.0 Å². The summed E-state index contributed by atoms with van der Waals surface area (Å²) in [5.41, 5.74) is 0. The van der Waals surface area contributed by atoms with E-state index in [1.54, 1.807) is 6.92 Å². The summed E-state index contributed by atoms with van der Waals surface area (Å²) >= 11 is 0. The maximum Gasteiger partial charge on any atom is 0.379 e. The molecule has 1 rings (SSSR count). The summed E-state index contributed by atoms with van der Waals surface area (Å²) in [6, 6.07) is 3.72. The monoisotopic (exact) mass is 260 g/mol. The van der Waals surface area contributed by atoms with Crippen LogP contribution in [0.5, 0.6) is 17.2 Å². The fraction of sp³-hybridized carbons (Fsp3) is 0.455. The number of phenolic OH excluding ortho intramolecular Hbond substituents is 2. The molecule has 0 bridgehead atoms. The number of benzene rings is 1. The van der Waals surface area contributed by atoms with E-state index in [0.717, 1.165) is 6.07 Å². The zero-order chi connectivity index (χ0) is 12.9. The minimum atomic E-state index is -3.20. The smallest absolute Gasteiger partial charge is 0.379 e. The third-order valence-corrected chi connectivity index (χ3v) is 4.08. The Morgan fingerprint density at radius 3 is 2.24 bits per heavy atom. The Hall–Kier alpha value is -1.19. The van der Waals surface area contributed by atoms with Crippen LogP contribution in [-0.2, 0) is 9.09 Å². The van der Waals surface area contributed by atoms with Crippen LogP contribution in [0.15, 0.2) is 18.2 Å². The van der Waals surface area contributed by atoms with E-state index in [0.29, 0.717) is 6.42 Å². The highest BCUT2D eigenvalue weighted by Gasteiger charge is 2.24. The summed E-state index contributed by atoms with van der Waals surface area (Å²) in [4.78, 5) is 0. The lowest BCUT2D eigenvalue weighted by atomic mass is 10.3. The van der Waals surface area contributed by atoms with Crippen LogP contribution in [0.2, 0.25) is 0 Å². The Kier molecular flexibility index (Phi) is 4.85. The molecule has 1 unspecified atom stereocenters. The molecule has 0 saturated heterocycles. The van der Waals surface area contributed by atoms with E-state index in [1.165, 1.54) is 12.1 Å². The SMILES string of the molecule is CCCP(=O)(OCC)Oc1cc(O)cc(O)c1. The van der Waals surface area contributed by atoms with Gasteiger partial charge < -0.3 is 19.3 Å². The van der Waals surface area contributed by atoms with Gasteiger partial charge in [-0.15, -0.1) is 0 Å². The standard InChI is InChI=1S/C11H17O5P/c1-3-5-17(14,15-4-2)16-11-7-9(12)6-10(13)8-11/h6-8,12-13H,3-5H2,1-2H3. The van der Waals surface area contributed by atoms with E-state index in [-0.39, 0.29) is 30.0 Å². The molecule has 0 spiro atoms. The first-order valence-electron chi connectivity index (χ1n) is 5.45. The first kappa shape index (κ1) is 13.9. The third-order valence-electron chi connectivity index (χ3n) is 1.94. The van der Waals surface area contributed by atoms with Crippen molar-refractivity contribution in [2.45, 2.75) is 20.3 Å². The molecule has 96 valence electrons. The van der Waals surface area contributed by atoms with Crippen LogP contribution in [0, 0.1) is 0 Å². The maximum atomic E-state index is 12.2. The molecule has 0 aromatic heterocycles. The Balaban J connectivity index is 2.89. The van der Waals surface area contributed by atoms with Crippen LogP contribution >= 0.6 is 7.60 Å². The average molecular weight is 260 g/mol. The van der Waals surface area contributed by atoms with Crippen molar-refractivity contribution in [3.05, 3.63) is 18.2 Å². The number of aromatic hydroxyl groups is 2. The Morgan fingerprint density at radius 2 is 1.76 bits per heavy atom. The second-order valence-electron chi connectivity index (χ2n) is 3.53. The van der Waals surface area contributed by atoms with Gasteiger partial charge in [0, 0.05) is 18.2 Å². The molecular weight excluding hydrogens is 243 g/mol. The third kappa shape index (κ3) is 4.29. The first-order valence-corrected chi connectivity index (χ1v) is 7.18. The molecule has 0 saturated carbocycles. The lowest BCUT2D eigenvalue weighted by Gasteiger charge is -2.18. The molecule has 2 N–H and O–H groups in total. The Bertz CT molecular complexity index is 388. The van der Waals surface area contributed by atoms with Crippen molar-refractivity contribution in [3.63, 3.8) is 0 Å². The molecule has 0 fully saturated rings. The van der Waals surface area contributed by atoms with Crippen LogP contribution in [0.4, 0.5) is 0 Å². The van der Waals surface area contributed by atoms with E-state index in [1.807, 2.05) is 6.92 Å². The molecular formula is C11H17O5P. The van der Waals surface area contributed by atoms with Crippen molar-refractivity contribution in [1.29, 1.82) is 0 Å². The Labute approximate surface area is 101 Å². The van der Waals surface area contributed by atoms with E-state index in [4.69, 9.17) is 9.05 Å². The van der Waals surface area contributed by atoms with Gasteiger partial charge in [0.1, 0.15) is 17.2 Å². The molecule has 6 heteroatoms. The highest BCUT2D eigenvalue weighted by molar-refractivity contribution is 7.54. The van der Waals surface area contributed by atoms with Crippen LogP contribution in [0.1, 0.15) is 20.3 Å². The van der Waals surface area contributed by atoms with Crippen LogP contribution < -0.4 is 4.52 Å². The predicted molar refractivity (Wildman–Crippen MR) is 64.8 cm³/mol. The molecule has 5 nitrogen and oxygen atoms in total. The molecule has 0 aliphatic rings. The van der Waals surface area contributed by atoms with Crippen LogP contribution in [0.3, 0.4) is 0 Å². The minimum Gasteiger partial charge on any atom is -0.508 e. The van der Waals surface area contributed by atoms with Gasteiger partial charge in [-0.3, -0.25) is 0 Å². The first-order chi connectivity index (χ1) is 7.99. The number of hydrogen-bond donors (Lipinski definition) is 2. The van der Waals surface area contributed by atoms with Crippen molar-refractivity contribution in [1.82, 2.24) is 0 Å². The lowest BCUT2D eigenvalue weighted by molar-refractivity contribution is 0.278. The van der Waals surface area contributed by atoms with Gasteiger partial charge in [0.25, 0.3) is 0 Å². The van der Waals surface area contributed by atoms with E-state index in [9.17, 15) is 14.8 Å². The van der Waals surface area contributed by atoms with E-state index in [2.05, 4.69) is 0 Å². The molecule has 1 atom stereocenters. The number of hydrogen-bond acceptors (Lipinski definition) is 5. The molecule has 0 amide bonds. The second-order valence-corrected chi connectivity index (χ2v) is 5.64. The normalized spacial score (nSPS) is 14.2. The number of phenols is 2. The quantitative estimate of drug-likeness (QED) is 0.768. The largest absolute Gasteiger partial charge is 0.508 e. The molecule has 1 aromatic carbocycles. The van der Waals surface area contributed by atoms with Gasteiger partial charge in [0.15, 0.2) is 0 Å². The van der Waals surface area contributed by atoms with Crippen molar-refractivity contribution in [3.8, 4) is 17.2 Å². The zero-order valence-corrected chi connectivity index (χ0v) is 10.8. The van der Waals surface area contributed by atoms with Gasteiger partial charge in [-0.1, -0.05) is 6.92 Å². The van der Waals surface area contributed by atoms with Crippen LogP contribution in [0.25, 0.3) is 0 Å². The van der Waals surface area contributed by atoms with E-state index >= 15 is 0 Å². The predicted octanol–water partition coefficient (Wildman–Crippen LogP) is 3.12. The van der Waals surface area contributed by atoms with E-state index < -0.39 is 7.60 Å². The average Bonchev–Trinajstić information content (AvgIpc) is 2.15. The van der Waals surface area contributed by atoms with Gasteiger partial charge in [-0.05, 0) is 13.3 Å². The summed E-state index contributed by atoms with van der Waals surface area (Å²) in [5, 5.41) is 18.6.